The van der Waals surface area contributed by atoms with Crippen molar-refractivity contribution < 1.29 is 23.5 Å². The molecule has 1 aromatic rings. The number of hydrogen-bond donors (Lipinski definition) is 1. The summed E-state index contributed by atoms with van der Waals surface area (Å²) in [6, 6.07) is 1.84. The molecule has 1 amide bonds. The van der Waals surface area contributed by atoms with Crippen LogP contribution in [0, 0.1) is 11.6 Å². The molecule has 0 fully saturated rings. The Morgan fingerprint density at radius 1 is 1.28 bits per heavy atom. The van der Waals surface area contributed by atoms with E-state index in [1.165, 1.54) is 0 Å². The zero-order valence-corrected chi connectivity index (χ0v) is 9.14. The van der Waals surface area contributed by atoms with Crippen LogP contribution in [-0.4, -0.2) is 21.9 Å². The van der Waals surface area contributed by atoms with Crippen LogP contribution in [0.15, 0.2) is 30.5 Å². The molecule has 2 rings (SSSR count). The molecule has 0 bridgehead atoms. The summed E-state index contributed by atoms with van der Waals surface area (Å²) in [4.78, 5) is 23.1. The van der Waals surface area contributed by atoms with Gasteiger partial charge in [-0.05, 0) is 23.8 Å². The molecule has 0 aliphatic carbocycles. The number of nitrogens with zero attached hydrogens (tertiary/aromatic N) is 1. The number of hydrogen-bond acceptors (Lipinski definition) is 2. The second kappa shape index (κ2) is 4.56. The first-order valence-electron chi connectivity index (χ1n) is 5.15. The fraction of sp³-hybridized carbons (Fsp3) is 0.167. The smallest absolute Gasteiger partial charge is 0.411 e. The molecule has 18 heavy (non-hydrogen) atoms. The number of rotatable bonds is 1. The predicted octanol–water partition coefficient (Wildman–Crippen LogP) is 2.47. The van der Waals surface area contributed by atoms with E-state index in [1.807, 2.05) is 0 Å². The fourth-order valence-corrected chi connectivity index (χ4v) is 1.87. The maximum Gasteiger partial charge on any atom is 0.411 e. The number of carboxylic acid groups (broad SMARTS) is 1. The van der Waals surface area contributed by atoms with Gasteiger partial charge in [0.2, 0.25) is 0 Å². The van der Waals surface area contributed by atoms with E-state index in [1.54, 1.807) is 0 Å². The van der Waals surface area contributed by atoms with Gasteiger partial charge in [-0.15, -0.1) is 0 Å². The molecular weight excluding hydrogens is 244 g/mol. The number of allylic oxidation sites excluding steroid dienone is 1. The van der Waals surface area contributed by atoms with Gasteiger partial charge in [-0.1, -0.05) is 0 Å². The van der Waals surface area contributed by atoms with Crippen molar-refractivity contribution in [3.63, 3.8) is 0 Å². The minimum Gasteiger partial charge on any atom is -0.465 e. The lowest BCUT2D eigenvalue weighted by molar-refractivity contribution is -0.116. The molecule has 1 aliphatic heterocycles. The monoisotopic (exact) mass is 253 g/mol. The van der Waals surface area contributed by atoms with E-state index in [2.05, 4.69) is 0 Å². The van der Waals surface area contributed by atoms with Crippen molar-refractivity contribution in [2.45, 2.75) is 12.5 Å². The Morgan fingerprint density at radius 3 is 2.44 bits per heavy atom. The van der Waals surface area contributed by atoms with Crippen molar-refractivity contribution in [1.82, 2.24) is 4.90 Å². The summed E-state index contributed by atoms with van der Waals surface area (Å²) in [6.07, 6.45) is 0.807. The molecule has 1 aliphatic rings. The summed E-state index contributed by atoms with van der Waals surface area (Å²) < 4.78 is 26.2. The van der Waals surface area contributed by atoms with Gasteiger partial charge in [-0.2, -0.15) is 0 Å². The van der Waals surface area contributed by atoms with Crippen molar-refractivity contribution in [3.05, 3.63) is 47.7 Å². The Kier molecular flexibility index (Phi) is 3.10. The van der Waals surface area contributed by atoms with Crippen molar-refractivity contribution in [1.29, 1.82) is 0 Å². The quantitative estimate of drug-likeness (QED) is 0.836. The highest BCUT2D eigenvalue weighted by molar-refractivity contribution is 5.92. The largest absolute Gasteiger partial charge is 0.465 e. The molecule has 0 saturated carbocycles. The third-order valence-electron chi connectivity index (χ3n) is 2.64. The third kappa shape index (κ3) is 2.37. The zero-order valence-electron chi connectivity index (χ0n) is 9.14. The molecule has 94 valence electrons. The molecular formula is C12H9F2NO3. The standard InChI is InChI=1S/C12H9F2NO3/c13-8-3-7(4-9(14)5-8)11-6-10(16)1-2-15(11)12(17)18/h1-5,11H,6H2,(H,17,18). The molecule has 0 saturated heterocycles. The van der Waals surface area contributed by atoms with E-state index in [0.29, 0.717) is 6.07 Å². The first-order chi connectivity index (χ1) is 8.47. The predicted molar refractivity (Wildman–Crippen MR) is 57.7 cm³/mol. The van der Waals surface area contributed by atoms with Gasteiger partial charge >= 0.3 is 6.09 Å². The van der Waals surface area contributed by atoms with Crippen LogP contribution in [0.3, 0.4) is 0 Å². The molecule has 1 N–H and O–H groups in total. The van der Waals surface area contributed by atoms with Crippen molar-refractivity contribution in [2.24, 2.45) is 0 Å². The van der Waals surface area contributed by atoms with E-state index >= 15 is 0 Å². The third-order valence-corrected chi connectivity index (χ3v) is 2.64. The highest BCUT2D eigenvalue weighted by atomic mass is 19.1. The summed E-state index contributed by atoms with van der Waals surface area (Å²) in [6.45, 7) is 0. The number of carbonyl (C=O) groups excluding carboxylic acids is 1. The lowest BCUT2D eigenvalue weighted by Gasteiger charge is -2.28. The fourth-order valence-electron chi connectivity index (χ4n) is 1.87. The maximum atomic E-state index is 13.1. The van der Waals surface area contributed by atoms with Crippen molar-refractivity contribution in [2.75, 3.05) is 0 Å². The van der Waals surface area contributed by atoms with Crippen LogP contribution in [0.2, 0.25) is 0 Å². The minimum atomic E-state index is -1.28. The molecule has 1 atom stereocenters. The highest BCUT2D eigenvalue weighted by Gasteiger charge is 2.29. The molecule has 0 radical (unpaired) electrons. The molecule has 1 heterocycles. The number of amides is 1. The summed E-state index contributed by atoms with van der Waals surface area (Å²) >= 11 is 0. The molecule has 1 unspecified atom stereocenters. The van der Waals surface area contributed by atoms with E-state index in [-0.39, 0.29) is 17.8 Å². The Balaban J connectivity index is 2.43. The van der Waals surface area contributed by atoms with Crippen molar-refractivity contribution in [3.8, 4) is 0 Å². The minimum absolute atomic E-state index is 0.118. The summed E-state index contributed by atoms with van der Waals surface area (Å²) in [7, 11) is 0. The normalized spacial score (nSPS) is 19.1. The second-order valence-corrected chi connectivity index (χ2v) is 3.89. The lowest BCUT2D eigenvalue weighted by Crippen LogP contribution is -2.33. The number of benzene rings is 1. The van der Waals surface area contributed by atoms with Gasteiger partial charge < -0.3 is 5.11 Å². The summed E-state index contributed by atoms with van der Waals surface area (Å²) in [5.41, 5.74) is 0.118. The Labute approximate surface area is 101 Å². The maximum absolute atomic E-state index is 13.1. The Morgan fingerprint density at radius 2 is 1.89 bits per heavy atom. The van der Waals surface area contributed by atoms with Gasteiger partial charge in [0, 0.05) is 18.7 Å². The highest BCUT2D eigenvalue weighted by Crippen LogP contribution is 2.29. The van der Waals surface area contributed by atoms with Crippen LogP contribution in [0.5, 0.6) is 0 Å². The second-order valence-electron chi connectivity index (χ2n) is 3.89. The van der Waals surface area contributed by atoms with Gasteiger partial charge in [0.1, 0.15) is 11.6 Å². The van der Waals surface area contributed by atoms with Gasteiger partial charge in [-0.3, -0.25) is 9.69 Å². The summed E-state index contributed by atoms with van der Waals surface area (Å²) in [5, 5.41) is 8.97. The number of carbonyl (C=O) groups is 2. The van der Waals surface area contributed by atoms with Gasteiger partial charge in [0.15, 0.2) is 5.78 Å². The van der Waals surface area contributed by atoms with E-state index in [4.69, 9.17) is 5.11 Å². The van der Waals surface area contributed by atoms with Crippen LogP contribution in [0.4, 0.5) is 13.6 Å². The molecule has 0 spiro atoms. The van der Waals surface area contributed by atoms with Gasteiger partial charge in [0.05, 0.1) is 6.04 Å². The Bertz CT molecular complexity index is 522. The first-order valence-corrected chi connectivity index (χ1v) is 5.15. The average Bonchev–Trinajstić information content (AvgIpc) is 2.27. The Hall–Kier alpha value is -2.24. The van der Waals surface area contributed by atoms with Crippen LogP contribution in [0.25, 0.3) is 0 Å². The molecule has 4 nitrogen and oxygen atoms in total. The zero-order chi connectivity index (χ0) is 13.3. The topological polar surface area (TPSA) is 57.6 Å². The van der Waals surface area contributed by atoms with E-state index < -0.39 is 23.8 Å². The van der Waals surface area contributed by atoms with E-state index in [0.717, 1.165) is 29.3 Å². The van der Waals surface area contributed by atoms with Crippen LogP contribution in [0.1, 0.15) is 18.0 Å². The molecule has 6 heteroatoms. The average molecular weight is 253 g/mol. The van der Waals surface area contributed by atoms with Crippen LogP contribution in [-0.2, 0) is 4.79 Å². The van der Waals surface area contributed by atoms with E-state index in [9.17, 15) is 18.4 Å². The molecule has 0 aromatic heterocycles. The first kappa shape index (κ1) is 12.2. The van der Waals surface area contributed by atoms with Crippen LogP contribution < -0.4 is 0 Å². The molecule has 1 aromatic carbocycles. The van der Waals surface area contributed by atoms with Crippen LogP contribution >= 0.6 is 0 Å². The van der Waals surface area contributed by atoms with Gasteiger partial charge in [-0.25, -0.2) is 13.6 Å². The number of ketones is 1. The van der Waals surface area contributed by atoms with Gasteiger partial charge in [0.25, 0.3) is 0 Å². The summed E-state index contributed by atoms with van der Waals surface area (Å²) in [5.74, 6) is -1.91. The SMILES string of the molecule is O=C1C=CN(C(=O)O)C(c2cc(F)cc(F)c2)C1. The lowest BCUT2D eigenvalue weighted by atomic mass is 9.97. The van der Waals surface area contributed by atoms with Crippen molar-refractivity contribution >= 4 is 11.9 Å². The number of halogens is 2.